The number of nitrogens with one attached hydrogen (secondary N) is 1. The van der Waals surface area contributed by atoms with Crippen molar-refractivity contribution < 1.29 is 31.1 Å². The third kappa shape index (κ3) is 4.00. The Kier molecular flexibility index (Phi) is 4.66. The Labute approximate surface area is 153 Å². The van der Waals surface area contributed by atoms with Crippen molar-refractivity contribution in [2.45, 2.75) is 12.4 Å². The zero-order chi connectivity index (χ0) is 20.7. The van der Waals surface area contributed by atoms with Crippen LogP contribution < -0.4 is 5.73 Å². The average molecular weight is 399 g/mol. The standard InChI is InChI=1S/C18H11F6N3O/c19-17(20,21)12-3-10(4-13(6-12)18(22,23)24)11-5-14-9(1-2-15(25)28)7-26-16(14)27-8-11/h1-8H,(H2,25,28)(H,26,27). The van der Waals surface area contributed by atoms with Gasteiger partial charge in [-0.05, 0) is 35.9 Å². The molecule has 1 amide bonds. The lowest BCUT2D eigenvalue weighted by Crippen LogP contribution is -2.11. The summed E-state index contributed by atoms with van der Waals surface area (Å²) >= 11 is 0. The smallest absolute Gasteiger partial charge is 0.366 e. The highest BCUT2D eigenvalue weighted by Crippen LogP contribution is 2.39. The van der Waals surface area contributed by atoms with Crippen LogP contribution in [0.3, 0.4) is 0 Å². The van der Waals surface area contributed by atoms with E-state index in [9.17, 15) is 31.1 Å². The van der Waals surface area contributed by atoms with Crippen molar-refractivity contribution in [2.24, 2.45) is 5.73 Å². The van der Waals surface area contributed by atoms with Gasteiger partial charge in [-0.2, -0.15) is 26.3 Å². The van der Waals surface area contributed by atoms with E-state index in [4.69, 9.17) is 5.73 Å². The van der Waals surface area contributed by atoms with Gasteiger partial charge in [-0.1, -0.05) is 0 Å². The van der Waals surface area contributed by atoms with Gasteiger partial charge in [0.15, 0.2) is 0 Å². The number of nitrogens with two attached hydrogens (primary N) is 1. The van der Waals surface area contributed by atoms with Crippen LogP contribution in [-0.4, -0.2) is 15.9 Å². The van der Waals surface area contributed by atoms with E-state index in [1.165, 1.54) is 18.3 Å². The summed E-state index contributed by atoms with van der Waals surface area (Å²) in [5.74, 6) is -0.717. The highest BCUT2D eigenvalue weighted by atomic mass is 19.4. The van der Waals surface area contributed by atoms with Crippen LogP contribution in [0.5, 0.6) is 0 Å². The molecular weight excluding hydrogens is 388 g/mol. The van der Waals surface area contributed by atoms with Crippen molar-refractivity contribution in [3.8, 4) is 11.1 Å². The Hall–Kier alpha value is -3.30. The van der Waals surface area contributed by atoms with Crippen LogP contribution >= 0.6 is 0 Å². The van der Waals surface area contributed by atoms with E-state index in [1.54, 1.807) is 0 Å². The lowest BCUT2D eigenvalue weighted by molar-refractivity contribution is -0.143. The van der Waals surface area contributed by atoms with E-state index in [0.29, 0.717) is 28.7 Å². The molecule has 28 heavy (non-hydrogen) atoms. The lowest BCUT2D eigenvalue weighted by Gasteiger charge is -2.14. The van der Waals surface area contributed by atoms with Crippen molar-refractivity contribution in [1.82, 2.24) is 9.97 Å². The first-order chi connectivity index (χ1) is 12.9. The highest BCUT2D eigenvalue weighted by molar-refractivity contribution is 5.95. The maximum atomic E-state index is 13.1. The number of carbonyl (C=O) groups excluding carboxylic acids is 1. The predicted octanol–water partition coefficient (Wildman–Crippen LogP) is 4.77. The van der Waals surface area contributed by atoms with Crippen molar-refractivity contribution in [2.75, 3.05) is 0 Å². The predicted molar refractivity (Wildman–Crippen MR) is 89.8 cm³/mol. The number of aromatic amines is 1. The van der Waals surface area contributed by atoms with Gasteiger partial charge in [-0.15, -0.1) is 0 Å². The summed E-state index contributed by atoms with van der Waals surface area (Å²) in [5.41, 5.74) is 2.75. The number of primary amides is 1. The zero-order valence-corrected chi connectivity index (χ0v) is 13.8. The second kappa shape index (κ2) is 6.70. The molecule has 0 saturated carbocycles. The number of H-pyrrole nitrogens is 1. The second-order valence-electron chi connectivity index (χ2n) is 5.89. The molecule has 0 radical (unpaired) electrons. The Balaban J connectivity index is 2.18. The number of nitrogens with zero attached hydrogens (tertiary/aromatic N) is 1. The first-order valence-corrected chi connectivity index (χ1v) is 7.69. The molecule has 3 aromatic rings. The van der Waals surface area contributed by atoms with E-state index < -0.39 is 29.4 Å². The summed E-state index contributed by atoms with van der Waals surface area (Å²) in [4.78, 5) is 17.7. The van der Waals surface area contributed by atoms with Crippen LogP contribution in [0.25, 0.3) is 28.2 Å². The fourth-order valence-corrected chi connectivity index (χ4v) is 2.61. The maximum absolute atomic E-state index is 13.1. The molecule has 0 atom stereocenters. The molecule has 2 heterocycles. The monoisotopic (exact) mass is 399 g/mol. The van der Waals surface area contributed by atoms with E-state index >= 15 is 0 Å². The molecule has 0 saturated heterocycles. The van der Waals surface area contributed by atoms with Crippen LogP contribution in [0.1, 0.15) is 16.7 Å². The maximum Gasteiger partial charge on any atom is 0.416 e. The van der Waals surface area contributed by atoms with Gasteiger partial charge in [-0.3, -0.25) is 4.79 Å². The third-order valence-electron chi connectivity index (χ3n) is 3.91. The normalized spacial score (nSPS) is 12.8. The van der Waals surface area contributed by atoms with Crippen LogP contribution in [0, 0.1) is 0 Å². The van der Waals surface area contributed by atoms with Crippen molar-refractivity contribution in [1.29, 1.82) is 0 Å². The first-order valence-electron chi connectivity index (χ1n) is 7.69. The molecule has 0 aliphatic heterocycles. The molecule has 10 heteroatoms. The molecule has 0 unspecified atom stereocenters. The van der Waals surface area contributed by atoms with E-state index in [-0.39, 0.29) is 17.2 Å². The zero-order valence-electron chi connectivity index (χ0n) is 13.8. The summed E-state index contributed by atoms with van der Waals surface area (Å²) < 4.78 is 78.3. The van der Waals surface area contributed by atoms with Crippen LogP contribution in [0.4, 0.5) is 26.3 Å². The summed E-state index contributed by atoms with van der Waals surface area (Å²) in [6, 6.07) is 2.70. The van der Waals surface area contributed by atoms with Gasteiger partial charge in [0.25, 0.3) is 0 Å². The Morgan fingerprint density at radius 3 is 2.11 bits per heavy atom. The minimum Gasteiger partial charge on any atom is -0.366 e. The quantitative estimate of drug-likeness (QED) is 0.492. The Morgan fingerprint density at radius 2 is 1.57 bits per heavy atom. The Bertz CT molecular complexity index is 1050. The molecule has 0 aliphatic carbocycles. The number of benzene rings is 1. The number of pyridine rings is 1. The SMILES string of the molecule is NC(=O)C=Cc1c[nH]c2ncc(-c3cc(C(F)(F)F)cc(C(F)(F)F)c3)cc12. The fraction of sp³-hybridized carbons (Fsp3) is 0.111. The molecule has 0 fully saturated rings. The van der Waals surface area contributed by atoms with E-state index in [0.717, 1.165) is 12.3 Å². The largest absolute Gasteiger partial charge is 0.416 e. The third-order valence-corrected chi connectivity index (χ3v) is 3.91. The lowest BCUT2D eigenvalue weighted by atomic mass is 9.99. The number of aromatic nitrogens is 2. The molecule has 146 valence electrons. The van der Waals surface area contributed by atoms with Crippen molar-refractivity contribution in [3.05, 3.63) is 59.4 Å². The first kappa shape index (κ1) is 19.5. The molecule has 4 nitrogen and oxygen atoms in total. The summed E-state index contributed by atoms with van der Waals surface area (Å²) in [6.45, 7) is 0. The molecule has 1 aromatic carbocycles. The van der Waals surface area contributed by atoms with E-state index in [2.05, 4.69) is 9.97 Å². The molecular formula is C18H11F6N3O. The number of carbonyl (C=O) groups is 1. The van der Waals surface area contributed by atoms with Gasteiger partial charge in [0.2, 0.25) is 5.91 Å². The highest BCUT2D eigenvalue weighted by Gasteiger charge is 2.37. The van der Waals surface area contributed by atoms with Gasteiger partial charge in [0.1, 0.15) is 5.65 Å². The van der Waals surface area contributed by atoms with Gasteiger partial charge in [-0.25, -0.2) is 4.98 Å². The molecule has 0 spiro atoms. The minimum absolute atomic E-state index is 0.0532. The Morgan fingerprint density at radius 1 is 0.964 bits per heavy atom. The van der Waals surface area contributed by atoms with Gasteiger partial charge in [0, 0.05) is 35.0 Å². The molecule has 2 aromatic heterocycles. The van der Waals surface area contributed by atoms with Crippen LogP contribution in [0.15, 0.2) is 42.7 Å². The van der Waals surface area contributed by atoms with Crippen molar-refractivity contribution >= 4 is 23.0 Å². The number of rotatable bonds is 3. The molecule has 0 bridgehead atoms. The topological polar surface area (TPSA) is 71.8 Å². The fourth-order valence-electron chi connectivity index (χ4n) is 2.61. The number of halogens is 6. The minimum atomic E-state index is -4.95. The number of fused-ring (bicyclic) bond motifs is 1. The van der Waals surface area contributed by atoms with Gasteiger partial charge < -0.3 is 10.7 Å². The number of alkyl halides is 6. The summed E-state index contributed by atoms with van der Waals surface area (Å²) in [5, 5.41) is 0.404. The second-order valence-corrected chi connectivity index (χ2v) is 5.89. The summed E-state index contributed by atoms with van der Waals surface area (Å²) in [7, 11) is 0. The summed E-state index contributed by atoms with van der Waals surface area (Å²) in [6.07, 6.45) is -4.82. The number of amides is 1. The number of hydrogen-bond donors (Lipinski definition) is 2. The molecule has 3 rings (SSSR count). The van der Waals surface area contributed by atoms with Crippen LogP contribution in [-0.2, 0) is 17.1 Å². The van der Waals surface area contributed by atoms with Crippen molar-refractivity contribution in [3.63, 3.8) is 0 Å². The van der Waals surface area contributed by atoms with Gasteiger partial charge >= 0.3 is 12.4 Å². The van der Waals surface area contributed by atoms with Crippen LogP contribution in [0.2, 0.25) is 0 Å². The molecule has 3 N–H and O–H groups in total. The average Bonchev–Trinajstić information content (AvgIpc) is 3.00. The number of hydrogen-bond acceptors (Lipinski definition) is 2. The van der Waals surface area contributed by atoms with E-state index in [1.807, 2.05) is 0 Å². The molecule has 0 aliphatic rings. The van der Waals surface area contributed by atoms with Gasteiger partial charge in [0.05, 0.1) is 11.1 Å².